The maximum atomic E-state index is 7.10. The Morgan fingerprint density at radius 1 is 1.80 bits per heavy atom. The Balaban J connectivity index is 2.35. The van der Waals surface area contributed by atoms with E-state index in [4.69, 9.17) is 15.9 Å². The topological polar surface area (TPSA) is 62.3 Å². The highest BCUT2D eigenvalue weighted by molar-refractivity contribution is 5.74. The van der Waals surface area contributed by atoms with Crippen molar-refractivity contribution in [3.63, 3.8) is 0 Å². The Hall–Kier alpha value is -0.770. The van der Waals surface area contributed by atoms with Gasteiger partial charge in [-0.25, -0.2) is 0 Å². The van der Waals surface area contributed by atoms with E-state index < -0.39 is 0 Å². The van der Waals surface area contributed by atoms with Gasteiger partial charge in [0.2, 0.25) is 0 Å². The van der Waals surface area contributed by atoms with Gasteiger partial charge in [0, 0.05) is 20.2 Å². The van der Waals surface area contributed by atoms with Crippen molar-refractivity contribution in [3.05, 3.63) is 0 Å². The van der Waals surface area contributed by atoms with E-state index in [1.54, 1.807) is 7.11 Å². The summed E-state index contributed by atoms with van der Waals surface area (Å²) in [5.74, 6) is 0.152. The molecule has 1 fully saturated rings. The summed E-state index contributed by atoms with van der Waals surface area (Å²) in [6.07, 6.45) is 1.25. The van der Waals surface area contributed by atoms with Crippen molar-refractivity contribution in [3.8, 4) is 0 Å². The van der Waals surface area contributed by atoms with Crippen LogP contribution in [0.15, 0.2) is 0 Å². The summed E-state index contributed by atoms with van der Waals surface area (Å²) in [6, 6.07) is 0. The molecule has 1 aliphatic heterocycles. The van der Waals surface area contributed by atoms with Crippen molar-refractivity contribution in [2.45, 2.75) is 12.5 Å². The number of guanidine groups is 1. The minimum atomic E-state index is 0.152. The van der Waals surface area contributed by atoms with Crippen LogP contribution < -0.4 is 5.73 Å². The van der Waals surface area contributed by atoms with E-state index in [-0.39, 0.29) is 12.1 Å². The van der Waals surface area contributed by atoms with Crippen LogP contribution in [0.2, 0.25) is 0 Å². The van der Waals surface area contributed by atoms with Crippen LogP contribution in [-0.2, 0) is 4.74 Å². The molecule has 0 aromatic heterocycles. The van der Waals surface area contributed by atoms with Crippen LogP contribution >= 0.6 is 0 Å². The summed E-state index contributed by atoms with van der Waals surface area (Å²) in [5, 5.41) is 7.10. The fourth-order valence-corrected chi connectivity index (χ4v) is 1.14. The van der Waals surface area contributed by atoms with Crippen molar-refractivity contribution in [2.24, 2.45) is 5.73 Å². The standard InChI is InChI=1S/C6H13N3O/c1-10-5-2-3-9(4-5)6(7)8/h5H,2-4H2,1H3,(H3,7,8)/t5-/m1/s1. The second kappa shape index (κ2) is 2.88. The van der Waals surface area contributed by atoms with Crippen molar-refractivity contribution < 1.29 is 4.74 Å². The molecule has 58 valence electrons. The molecule has 0 aromatic rings. The zero-order valence-electron chi connectivity index (χ0n) is 6.13. The molecule has 1 rings (SSSR count). The summed E-state index contributed by atoms with van der Waals surface area (Å²) >= 11 is 0. The molecule has 4 nitrogen and oxygen atoms in total. The molecule has 0 radical (unpaired) electrons. The van der Waals surface area contributed by atoms with Gasteiger partial charge in [-0.2, -0.15) is 0 Å². The molecule has 10 heavy (non-hydrogen) atoms. The third-order valence-corrected chi connectivity index (χ3v) is 1.82. The Kier molecular flexibility index (Phi) is 2.11. The number of hydrogen-bond acceptors (Lipinski definition) is 2. The number of nitrogens with two attached hydrogens (primary N) is 1. The summed E-state index contributed by atoms with van der Waals surface area (Å²) in [4.78, 5) is 1.81. The van der Waals surface area contributed by atoms with E-state index in [2.05, 4.69) is 0 Å². The van der Waals surface area contributed by atoms with E-state index in [9.17, 15) is 0 Å². The van der Waals surface area contributed by atoms with Gasteiger partial charge in [-0.15, -0.1) is 0 Å². The number of likely N-dealkylation sites (tertiary alicyclic amines) is 1. The van der Waals surface area contributed by atoms with Crippen LogP contribution in [0, 0.1) is 5.41 Å². The average molecular weight is 143 g/mol. The summed E-state index contributed by atoms with van der Waals surface area (Å²) in [5.41, 5.74) is 5.27. The van der Waals surface area contributed by atoms with Gasteiger partial charge in [0.1, 0.15) is 0 Å². The first-order valence-corrected chi connectivity index (χ1v) is 3.36. The van der Waals surface area contributed by atoms with Crippen molar-refractivity contribution in [1.82, 2.24) is 4.90 Å². The van der Waals surface area contributed by atoms with Crippen LogP contribution in [-0.4, -0.2) is 37.2 Å². The molecule has 4 heteroatoms. The smallest absolute Gasteiger partial charge is 0.188 e. The molecule has 1 aliphatic rings. The Morgan fingerprint density at radius 2 is 2.50 bits per heavy atom. The Bertz CT molecular complexity index is 137. The molecule has 1 saturated heterocycles. The molecule has 1 atom stereocenters. The van der Waals surface area contributed by atoms with Gasteiger partial charge in [0.15, 0.2) is 5.96 Å². The predicted octanol–water partition coefficient (Wildman–Crippen LogP) is -0.399. The zero-order chi connectivity index (χ0) is 7.56. The van der Waals surface area contributed by atoms with Gasteiger partial charge < -0.3 is 15.4 Å². The summed E-state index contributed by atoms with van der Waals surface area (Å²) < 4.78 is 5.10. The molecule has 0 unspecified atom stereocenters. The molecular formula is C6H13N3O. The average Bonchev–Trinajstić information content (AvgIpc) is 2.34. The number of methoxy groups -OCH3 is 1. The van der Waals surface area contributed by atoms with Crippen LogP contribution in [0.1, 0.15) is 6.42 Å². The zero-order valence-corrected chi connectivity index (χ0v) is 6.13. The third kappa shape index (κ3) is 1.39. The highest BCUT2D eigenvalue weighted by Gasteiger charge is 2.22. The highest BCUT2D eigenvalue weighted by atomic mass is 16.5. The lowest BCUT2D eigenvalue weighted by Crippen LogP contribution is -2.35. The lowest BCUT2D eigenvalue weighted by molar-refractivity contribution is 0.114. The van der Waals surface area contributed by atoms with Crippen LogP contribution in [0.3, 0.4) is 0 Å². The number of hydrogen-bond donors (Lipinski definition) is 2. The summed E-state index contributed by atoms with van der Waals surface area (Å²) in [6.45, 7) is 1.62. The Morgan fingerprint density at radius 3 is 2.80 bits per heavy atom. The van der Waals surface area contributed by atoms with Crippen molar-refractivity contribution >= 4 is 5.96 Å². The van der Waals surface area contributed by atoms with E-state index in [1.165, 1.54) is 0 Å². The van der Waals surface area contributed by atoms with Crippen LogP contribution in [0.4, 0.5) is 0 Å². The van der Waals surface area contributed by atoms with Gasteiger partial charge in [-0.1, -0.05) is 0 Å². The molecule has 0 saturated carbocycles. The molecule has 0 aliphatic carbocycles. The van der Waals surface area contributed by atoms with Gasteiger partial charge in [0.05, 0.1) is 6.10 Å². The van der Waals surface area contributed by atoms with Gasteiger partial charge >= 0.3 is 0 Å². The minimum absolute atomic E-state index is 0.152. The predicted molar refractivity (Wildman–Crippen MR) is 38.9 cm³/mol. The van der Waals surface area contributed by atoms with Crippen molar-refractivity contribution in [1.29, 1.82) is 5.41 Å². The maximum Gasteiger partial charge on any atom is 0.188 e. The molecular weight excluding hydrogens is 130 g/mol. The van der Waals surface area contributed by atoms with E-state index in [0.717, 1.165) is 19.5 Å². The third-order valence-electron chi connectivity index (χ3n) is 1.82. The van der Waals surface area contributed by atoms with Crippen molar-refractivity contribution in [2.75, 3.05) is 20.2 Å². The molecule has 0 aromatic carbocycles. The SMILES string of the molecule is CO[C@@H]1CCN(C(=N)N)C1. The van der Waals surface area contributed by atoms with Crippen LogP contribution in [0.25, 0.3) is 0 Å². The molecule has 3 N–H and O–H groups in total. The van der Waals surface area contributed by atoms with Gasteiger partial charge in [0.25, 0.3) is 0 Å². The van der Waals surface area contributed by atoms with Crippen LogP contribution in [0.5, 0.6) is 0 Å². The second-order valence-corrected chi connectivity index (χ2v) is 2.48. The Labute approximate surface area is 60.5 Å². The van der Waals surface area contributed by atoms with E-state index in [1.807, 2.05) is 4.90 Å². The van der Waals surface area contributed by atoms with Gasteiger partial charge in [-0.05, 0) is 6.42 Å². The lowest BCUT2D eigenvalue weighted by atomic mass is 10.3. The monoisotopic (exact) mass is 143 g/mol. The molecule has 0 spiro atoms. The number of nitrogens with zero attached hydrogens (tertiary/aromatic N) is 1. The number of nitrogens with one attached hydrogen (secondary N) is 1. The van der Waals surface area contributed by atoms with Gasteiger partial charge in [-0.3, -0.25) is 5.41 Å². The first kappa shape index (κ1) is 7.34. The quantitative estimate of drug-likeness (QED) is 0.388. The fraction of sp³-hybridized carbons (Fsp3) is 0.833. The first-order chi connectivity index (χ1) is 4.74. The molecule has 0 bridgehead atoms. The largest absolute Gasteiger partial charge is 0.380 e. The second-order valence-electron chi connectivity index (χ2n) is 2.48. The summed E-state index contributed by atoms with van der Waals surface area (Å²) in [7, 11) is 1.69. The highest BCUT2D eigenvalue weighted by Crippen LogP contribution is 2.09. The fourth-order valence-electron chi connectivity index (χ4n) is 1.14. The van der Waals surface area contributed by atoms with E-state index >= 15 is 0 Å². The lowest BCUT2D eigenvalue weighted by Gasteiger charge is -2.14. The normalized spacial score (nSPS) is 25.3. The molecule has 1 heterocycles. The van der Waals surface area contributed by atoms with E-state index in [0.29, 0.717) is 0 Å². The molecule has 0 amide bonds. The number of rotatable bonds is 1. The minimum Gasteiger partial charge on any atom is -0.380 e. The number of ether oxygens (including phenoxy) is 1. The maximum absolute atomic E-state index is 7.10. The first-order valence-electron chi connectivity index (χ1n) is 3.36.